The summed E-state index contributed by atoms with van der Waals surface area (Å²) in [6.45, 7) is 5.56. The Labute approximate surface area is 112 Å². The first-order valence-electron chi connectivity index (χ1n) is 8.04. The number of allylic oxidation sites excluding steroid dienone is 2. The molecule has 0 amide bonds. The summed E-state index contributed by atoms with van der Waals surface area (Å²) in [6, 6.07) is 0. The Morgan fingerprint density at radius 3 is 2.72 bits per heavy atom. The summed E-state index contributed by atoms with van der Waals surface area (Å²) in [5, 5.41) is 0. The Morgan fingerprint density at radius 2 is 1.89 bits per heavy atom. The topological polar surface area (TPSA) is 9.23 Å². The van der Waals surface area contributed by atoms with E-state index in [1.54, 1.807) is 5.57 Å². The van der Waals surface area contributed by atoms with E-state index in [0.717, 1.165) is 30.3 Å². The number of fused-ring (bicyclic) bond motifs is 3. The van der Waals surface area contributed by atoms with Crippen LogP contribution in [0.15, 0.2) is 11.6 Å². The average molecular weight is 248 g/mol. The molecule has 1 saturated heterocycles. The summed E-state index contributed by atoms with van der Waals surface area (Å²) >= 11 is 0. The molecular formula is C17H28O. The van der Waals surface area contributed by atoms with Gasteiger partial charge in [-0.1, -0.05) is 24.5 Å². The van der Waals surface area contributed by atoms with Crippen LogP contribution < -0.4 is 0 Å². The summed E-state index contributed by atoms with van der Waals surface area (Å²) in [4.78, 5) is 0. The molecule has 1 heterocycles. The van der Waals surface area contributed by atoms with E-state index in [0.29, 0.717) is 6.10 Å². The predicted molar refractivity (Wildman–Crippen MR) is 75.5 cm³/mol. The van der Waals surface area contributed by atoms with Gasteiger partial charge in [0.1, 0.15) is 0 Å². The SMILES string of the molecule is C/C=C(\C)C1CCC2C(COC3CCCCC32)C1. The van der Waals surface area contributed by atoms with Gasteiger partial charge in [0.05, 0.1) is 12.7 Å². The summed E-state index contributed by atoms with van der Waals surface area (Å²) in [5.74, 6) is 3.60. The Balaban J connectivity index is 1.68. The molecule has 0 aromatic carbocycles. The third-order valence-corrected chi connectivity index (χ3v) is 5.97. The quantitative estimate of drug-likeness (QED) is 0.617. The van der Waals surface area contributed by atoms with Gasteiger partial charge in [0.15, 0.2) is 0 Å². The van der Waals surface area contributed by atoms with Crippen LogP contribution >= 0.6 is 0 Å². The molecule has 5 unspecified atom stereocenters. The Bertz CT molecular complexity index is 320. The normalized spacial score (nSPS) is 45.2. The highest BCUT2D eigenvalue weighted by molar-refractivity contribution is 5.05. The molecule has 3 rings (SSSR count). The van der Waals surface area contributed by atoms with Crippen LogP contribution in [0.5, 0.6) is 0 Å². The van der Waals surface area contributed by atoms with Crippen molar-refractivity contribution in [3.63, 3.8) is 0 Å². The van der Waals surface area contributed by atoms with Crippen LogP contribution in [0.3, 0.4) is 0 Å². The lowest BCUT2D eigenvalue weighted by Gasteiger charge is -2.49. The van der Waals surface area contributed by atoms with Crippen molar-refractivity contribution in [2.45, 2.75) is 64.9 Å². The molecule has 102 valence electrons. The number of hydrogen-bond donors (Lipinski definition) is 0. The van der Waals surface area contributed by atoms with Gasteiger partial charge in [0, 0.05) is 0 Å². The molecule has 0 radical (unpaired) electrons. The van der Waals surface area contributed by atoms with Gasteiger partial charge >= 0.3 is 0 Å². The van der Waals surface area contributed by atoms with Gasteiger partial charge in [0.25, 0.3) is 0 Å². The van der Waals surface area contributed by atoms with Crippen molar-refractivity contribution in [1.29, 1.82) is 0 Å². The summed E-state index contributed by atoms with van der Waals surface area (Å²) in [7, 11) is 0. The van der Waals surface area contributed by atoms with Crippen LogP contribution in [0.25, 0.3) is 0 Å². The van der Waals surface area contributed by atoms with E-state index in [4.69, 9.17) is 4.74 Å². The third-order valence-electron chi connectivity index (χ3n) is 5.97. The van der Waals surface area contributed by atoms with Gasteiger partial charge in [-0.05, 0) is 69.6 Å². The standard InChI is InChI=1S/C17H28O/c1-3-12(2)13-8-9-15-14(10-13)11-18-17-7-5-4-6-16(15)17/h3,13-17H,4-11H2,1-2H3/b12-3+. The summed E-state index contributed by atoms with van der Waals surface area (Å²) < 4.78 is 6.19. The Kier molecular flexibility index (Phi) is 3.79. The number of ether oxygens (including phenoxy) is 1. The van der Waals surface area contributed by atoms with Crippen LogP contribution in [0.4, 0.5) is 0 Å². The van der Waals surface area contributed by atoms with Gasteiger partial charge in [-0.15, -0.1) is 0 Å². The van der Waals surface area contributed by atoms with E-state index in [1.165, 1.54) is 44.9 Å². The highest BCUT2D eigenvalue weighted by atomic mass is 16.5. The maximum absolute atomic E-state index is 6.19. The van der Waals surface area contributed by atoms with Crippen molar-refractivity contribution < 1.29 is 4.74 Å². The van der Waals surface area contributed by atoms with Crippen LogP contribution in [0.2, 0.25) is 0 Å². The van der Waals surface area contributed by atoms with Crippen molar-refractivity contribution in [1.82, 2.24) is 0 Å². The monoisotopic (exact) mass is 248 g/mol. The molecule has 18 heavy (non-hydrogen) atoms. The van der Waals surface area contributed by atoms with Crippen molar-refractivity contribution in [2.75, 3.05) is 6.61 Å². The van der Waals surface area contributed by atoms with Crippen LogP contribution in [0.1, 0.15) is 58.8 Å². The largest absolute Gasteiger partial charge is 0.378 e. The van der Waals surface area contributed by atoms with Gasteiger partial charge < -0.3 is 4.74 Å². The smallest absolute Gasteiger partial charge is 0.0606 e. The zero-order valence-corrected chi connectivity index (χ0v) is 12.0. The Hall–Kier alpha value is -0.300. The molecule has 3 fully saturated rings. The molecule has 2 aliphatic carbocycles. The van der Waals surface area contributed by atoms with Crippen molar-refractivity contribution in [3.8, 4) is 0 Å². The average Bonchev–Trinajstić information content (AvgIpc) is 2.45. The fourth-order valence-corrected chi connectivity index (χ4v) is 4.76. The zero-order chi connectivity index (χ0) is 12.5. The second-order valence-corrected chi connectivity index (χ2v) is 6.79. The highest BCUT2D eigenvalue weighted by Crippen LogP contribution is 2.48. The zero-order valence-electron chi connectivity index (χ0n) is 12.0. The molecule has 0 aromatic rings. The van der Waals surface area contributed by atoms with Crippen molar-refractivity contribution >= 4 is 0 Å². The van der Waals surface area contributed by atoms with Crippen LogP contribution in [-0.4, -0.2) is 12.7 Å². The predicted octanol–water partition coefficient (Wildman–Crippen LogP) is 4.57. The van der Waals surface area contributed by atoms with E-state index >= 15 is 0 Å². The van der Waals surface area contributed by atoms with E-state index in [2.05, 4.69) is 19.9 Å². The maximum Gasteiger partial charge on any atom is 0.0606 e. The fraction of sp³-hybridized carbons (Fsp3) is 0.882. The first-order valence-corrected chi connectivity index (χ1v) is 8.04. The molecule has 3 aliphatic rings. The lowest BCUT2D eigenvalue weighted by Crippen LogP contribution is -2.46. The van der Waals surface area contributed by atoms with E-state index in [9.17, 15) is 0 Å². The second kappa shape index (κ2) is 5.36. The van der Waals surface area contributed by atoms with Gasteiger partial charge in [0.2, 0.25) is 0 Å². The lowest BCUT2D eigenvalue weighted by atomic mass is 9.62. The second-order valence-electron chi connectivity index (χ2n) is 6.79. The molecule has 0 bridgehead atoms. The molecule has 1 aliphatic heterocycles. The van der Waals surface area contributed by atoms with Crippen LogP contribution in [-0.2, 0) is 4.74 Å². The minimum atomic E-state index is 0.624. The molecule has 0 N–H and O–H groups in total. The highest BCUT2D eigenvalue weighted by Gasteiger charge is 2.43. The van der Waals surface area contributed by atoms with E-state index in [-0.39, 0.29) is 0 Å². The summed E-state index contributed by atoms with van der Waals surface area (Å²) in [5.41, 5.74) is 1.61. The Morgan fingerprint density at radius 1 is 1.06 bits per heavy atom. The molecule has 0 aromatic heterocycles. The molecule has 2 saturated carbocycles. The first-order chi connectivity index (χ1) is 8.79. The molecule has 5 atom stereocenters. The number of hydrogen-bond acceptors (Lipinski definition) is 1. The minimum absolute atomic E-state index is 0.624. The van der Waals surface area contributed by atoms with Gasteiger partial charge in [-0.25, -0.2) is 0 Å². The summed E-state index contributed by atoms with van der Waals surface area (Å²) in [6.07, 6.45) is 12.9. The fourth-order valence-electron chi connectivity index (χ4n) is 4.76. The molecular weight excluding hydrogens is 220 g/mol. The van der Waals surface area contributed by atoms with Crippen molar-refractivity contribution in [3.05, 3.63) is 11.6 Å². The number of rotatable bonds is 1. The van der Waals surface area contributed by atoms with Crippen LogP contribution in [0, 0.1) is 23.7 Å². The third kappa shape index (κ3) is 2.27. The van der Waals surface area contributed by atoms with Crippen molar-refractivity contribution in [2.24, 2.45) is 23.7 Å². The van der Waals surface area contributed by atoms with E-state index in [1.807, 2.05) is 0 Å². The lowest BCUT2D eigenvalue weighted by molar-refractivity contribution is -0.124. The molecule has 1 nitrogen and oxygen atoms in total. The van der Waals surface area contributed by atoms with Gasteiger partial charge in [-0.2, -0.15) is 0 Å². The van der Waals surface area contributed by atoms with Gasteiger partial charge in [-0.3, -0.25) is 0 Å². The first kappa shape index (κ1) is 12.7. The maximum atomic E-state index is 6.19. The molecule has 1 heteroatoms. The molecule has 0 spiro atoms. The minimum Gasteiger partial charge on any atom is -0.378 e. The van der Waals surface area contributed by atoms with E-state index < -0.39 is 0 Å².